The molecule has 2 rings (SSSR count). The zero-order valence-corrected chi connectivity index (χ0v) is 12.5. The third-order valence-electron chi connectivity index (χ3n) is 4.28. The number of nitrogens with zero attached hydrogens (tertiary/aromatic N) is 2. The second-order valence-electron chi connectivity index (χ2n) is 5.68. The number of amides is 1. The van der Waals surface area contributed by atoms with Gasteiger partial charge in [-0.1, -0.05) is 0 Å². The van der Waals surface area contributed by atoms with Gasteiger partial charge in [0.1, 0.15) is 5.75 Å². The highest BCUT2D eigenvalue weighted by Gasteiger charge is 2.53. The summed E-state index contributed by atoms with van der Waals surface area (Å²) in [5.74, 6) is 0.345. The summed E-state index contributed by atoms with van der Waals surface area (Å²) in [5, 5.41) is 16.0. The zero-order valence-electron chi connectivity index (χ0n) is 12.5. The number of ether oxygens (including phenoxy) is 1. The van der Waals surface area contributed by atoms with Crippen LogP contribution in [0.15, 0.2) is 29.4 Å². The summed E-state index contributed by atoms with van der Waals surface area (Å²) in [4.78, 5) is 12.5. The summed E-state index contributed by atoms with van der Waals surface area (Å²) in [7, 11) is 1.57. The molecule has 1 aromatic carbocycles. The lowest BCUT2D eigenvalue weighted by molar-refractivity contribution is -0.110. The lowest BCUT2D eigenvalue weighted by atomic mass is 9.79. The molecule has 1 heterocycles. The molecule has 0 radical (unpaired) electrons. The predicted octanol–water partition coefficient (Wildman–Crippen LogP) is 2.26. The Balaban J connectivity index is 2.34. The molecule has 1 atom stereocenters. The highest BCUT2D eigenvalue weighted by molar-refractivity contribution is 5.99. The van der Waals surface area contributed by atoms with Crippen LogP contribution in [0.2, 0.25) is 0 Å². The second-order valence-corrected chi connectivity index (χ2v) is 5.68. The molecule has 0 bridgehead atoms. The molecular weight excluding hydrogens is 256 g/mol. The Morgan fingerprint density at radius 2 is 1.80 bits per heavy atom. The summed E-state index contributed by atoms with van der Waals surface area (Å²) in [6, 6.07) is 6.74. The number of aliphatic hydroxyl groups is 1. The first-order valence-electron chi connectivity index (χ1n) is 6.48. The molecule has 0 saturated carbocycles. The van der Waals surface area contributed by atoms with Gasteiger partial charge in [0, 0.05) is 11.3 Å². The number of hydrogen-bond acceptors (Lipinski definition) is 4. The third-order valence-corrected chi connectivity index (χ3v) is 4.28. The van der Waals surface area contributed by atoms with E-state index in [0.29, 0.717) is 11.3 Å². The van der Waals surface area contributed by atoms with Crippen molar-refractivity contribution in [1.82, 2.24) is 5.01 Å². The van der Waals surface area contributed by atoms with Crippen LogP contribution in [0.3, 0.4) is 0 Å². The van der Waals surface area contributed by atoms with Crippen molar-refractivity contribution in [3.63, 3.8) is 0 Å². The molecule has 5 heteroatoms. The zero-order chi connectivity index (χ0) is 15.1. The SMILES string of the molecule is COc1ccc(C(=O)N2N=C(C)C(C)(C)[C@]2(C)O)cc1. The third kappa shape index (κ3) is 1.98. The molecule has 5 nitrogen and oxygen atoms in total. The van der Waals surface area contributed by atoms with E-state index in [9.17, 15) is 9.90 Å². The van der Waals surface area contributed by atoms with Gasteiger partial charge in [0.25, 0.3) is 5.91 Å². The molecule has 0 saturated heterocycles. The van der Waals surface area contributed by atoms with Gasteiger partial charge < -0.3 is 9.84 Å². The van der Waals surface area contributed by atoms with Crippen molar-refractivity contribution < 1.29 is 14.6 Å². The molecule has 0 unspecified atom stereocenters. The Hall–Kier alpha value is -1.88. The minimum Gasteiger partial charge on any atom is -0.497 e. The Morgan fingerprint density at radius 1 is 1.25 bits per heavy atom. The van der Waals surface area contributed by atoms with E-state index in [2.05, 4.69) is 5.10 Å². The number of rotatable bonds is 2. The van der Waals surface area contributed by atoms with Crippen LogP contribution in [0.4, 0.5) is 0 Å². The number of benzene rings is 1. The van der Waals surface area contributed by atoms with E-state index < -0.39 is 11.1 Å². The second kappa shape index (κ2) is 4.59. The van der Waals surface area contributed by atoms with Crippen LogP contribution in [0.1, 0.15) is 38.1 Å². The minimum atomic E-state index is -1.35. The van der Waals surface area contributed by atoms with Gasteiger partial charge >= 0.3 is 0 Å². The highest BCUT2D eigenvalue weighted by atomic mass is 16.5. The fourth-order valence-electron chi connectivity index (χ4n) is 2.08. The fraction of sp³-hybridized carbons (Fsp3) is 0.467. The van der Waals surface area contributed by atoms with Gasteiger partial charge in [-0.3, -0.25) is 4.79 Å². The van der Waals surface area contributed by atoms with Crippen molar-refractivity contribution in [2.24, 2.45) is 10.5 Å². The standard InChI is InChI=1S/C15H20N2O3/c1-10-14(2,3)15(4,19)17(16-10)13(18)11-6-8-12(20-5)9-7-11/h6-9,19H,1-5H3/t15-/m0/s1. The van der Waals surface area contributed by atoms with Crippen molar-refractivity contribution in [3.05, 3.63) is 29.8 Å². The number of carbonyl (C=O) groups excluding carboxylic acids is 1. The van der Waals surface area contributed by atoms with Crippen molar-refractivity contribution in [2.75, 3.05) is 7.11 Å². The molecule has 0 spiro atoms. The molecule has 1 aromatic rings. The van der Waals surface area contributed by atoms with Crippen LogP contribution in [0.5, 0.6) is 5.75 Å². The maximum Gasteiger partial charge on any atom is 0.276 e. The van der Waals surface area contributed by atoms with Crippen molar-refractivity contribution >= 4 is 11.6 Å². The van der Waals surface area contributed by atoms with E-state index in [4.69, 9.17) is 4.74 Å². The van der Waals surface area contributed by atoms with Gasteiger partial charge in [0.15, 0.2) is 5.72 Å². The monoisotopic (exact) mass is 276 g/mol. The molecular formula is C15H20N2O3. The average molecular weight is 276 g/mol. The Kier molecular flexibility index (Phi) is 3.34. The van der Waals surface area contributed by atoms with Crippen LogP contribution in [-0.2, 0) is 0 Å². The average Bonchev–Trinajstić information content (AvgIpc) is 2.58. The van der Waals surface area contributed by atoms with E-state index in [0.717, 1.165) is 10.7 Å². The molecule has 1 N–H and O–H groups in total. The molecule has 0 aromatic heterocycles. The Labute approximate surface area is 118 Å². The van der Waals surface area contributed by atoms with E-state index >= 15 is 0 Å². The number of hydrogen-bond donors (Lipinski definition) is 1. The summed E-state index contributed by atoms with van der Waals surface area (Å²) in [6.45, 7) is 7.16. The summed E-state index contributed by atoms with van der Waals surface area (Å²) >= 11 is 0. The molecule has 20 heavy (non-hydrogen) atoms. The minimum absolute atomic E-state index is 0.331. The lowest BCUT2D eigenvalue weighted by Crippen LogP contribution is -2.53. The normalized spacial score (nSPS) is 24.5. The van der Waals surface area contributed by atoms with Crippen molar-refractivity contribution in [2.45, 2.75) is 33.4 Å². The van der Waals surface area contributed by atoms with E-state index in [1.165, 1.54) is 0 Å². The smallest absolute Gasteiger partial charge is 0.276 e. The van der Waals surface area contributed by atoms with Gasteiger partial charge in [-0.15, -0.1) is 0 Å². The van der Waals surface area contributed by atoms with Gasteiger partial charge in [-0.25, -0.2) is 0 Å². The van der Waals surface area contributed by atoms with E-state index in [1.807, 2.05) is 20.8 Å². The Bertz CT molecular complexity index is 559. The molecule has 0 fully saturated rings. The van der Waals surface area contributed by atoms with Crippen LogP contribution < -0.4 is 4.74 Å². The van der Waals surface area contributed by atoms with Gasteiger partial charge in [0.2, 0.25) is 0 Å². The number of hydrazone groups is 1. The quantitative estimate of drug-likeness (QED) is 0.901. The van der Waals surface area contributed by atoms with Gasteiger partial charge in [-0.05, 0) is 52.0 Å². The fourth-order valence-corrected chi connectivity index (χ4v) is 2.08. The van der Waals surface area contributed by atoms with Crippen molar-refractivity contribution in [1.29, 1.82) is 0 Å². The highest BCUT2D eigenvalue weighted by Crippen LogP contribution is 2.41. The Morgan fingerprint density at radius 3 is 2.20 bits per heavy atom. The lowest BCUT2D eigenvalue weighted by Gasteiger charge is -2.37. The van der Waals surface area contributed by atoms with Crippen molar-refractivity contribution in [3.8, 4) is 5.75 Å². The molecule has 1 aliphatic heterocycles. The summed E-state index contributed by atoms with van der Waals surface area (Å²) in [5.41, 5.74) is -0.756. The van der Waals surface area contributed by atoms with Gasteiger partial charge in [0.05, 0.1) is 12.5 Å². The van der Waals surface area contributed by atoms with Crippen LogP contribution >= 0.6 is 0 Å². The first kappa shape index (κ1) is 14.5. The van der Waals surface area contributed by atoms with Gasteiger partial charge in [-0.2, -0.15) is 10.1 Å². The summed E-state index contributed by atoms with van der Waals surface area (Å²) in [6.07, 6.45) is 0. The topological polar surface area (TPSA) is 62.1 Å². The maximum atomic E-state index is 12.5. The van der Waals surface area contributed by atoms with E-state index in [1.54, 1.807) is 38.3 Å². The molecule has 1 amide bonds. The maximum absolute atomic E-state index is 12.5. The van der Waals surface area contributed by atoms with Crippen LogP contribution in [0.25, 0.3) is 0 Å². The largest absolute Gasteiger partial charge is 0.497 e. The molecule has 108 valence electrons. The molecule has 0 aliphatic carbocycles. The predicted molar refractivity (Wildman–Crippen MR) is 76.7 cm³/mol. The first-order valence-corrected chi connectivity index (χ1v) is 6.48. The summed E-state index contributed by atoms with van der Waals surface area (Å²) < 4.78 is 5.06. The number of methoxy groups -OCH3 is 1. The number of carbonyl (C=O) groups is 1. The van der Waals surface area contributed by atoms with Crippen LogP contribution in [-0.4, -0.2) is 34.6 Å². The van der Waals surface area contributed by atoms with E-state index in [-0.39, 0.29) is 5.91 Å². The van der Waals surface area contributed by atoms with Crippen LogP contribution in [0, 0.1) is 5.41 Å². The molecule has 1 aliphatic rings. The first-order chi connectivity index (χ1) is 9.21.